The quantitative estimate of drug-likeness (QED) is 0.848. The molecule has 1 aromatic heterocycles. The maximum atomic E-state index is 10.6. The molecule has 1 unspecified atom stereocenters. The number of aliphatic carboxylic acids is 1. The van der Waals surface area contributed by atoms with Gasteiger partial charge in [-0.15, -0.1) is 0 Å². The molecule has 0 saturated carbocycles. The van der Waals surface area contributed by atoms with Crippen molar-refractivity contribution in [2.24, 2.45) is 12.8 Å². The Labute approximate surface area is 96.4 Å². The highest BCUT2D eigenvalue weighted by molar-refractivity contribution is 9.10. The summed E-state index contributed by atoms with van der Waals surface area (Å²) in [5.41, 5.74) is 7.22. The minimum atomic E-state index is -0.999. The normalized spacial score (nSPS) is 12.8. The van der Waals surface area contributed by atoms with Gasteiger partial charge < -0.3 is 10.8 Å². The topological polar surface area (TPSA) is 81.1 Å². The number of aromatic nitrogens is 2. The zero-order valence-electron chi connectivity index (χ0n) is 8.70. The van der Waals surface area contributed by atoms with Crippen molar-refractivity contribution in [2.45, 2.75) is 25.8 Å². The lowest BCUT2D eigenvalue weighted by Gasteiger charge is -2.06. The van der Waals surface area contributed by atoms with Crippen LogP contribution in [-0.2, 0) is 24.7 Å². The SMILES string of the molecule is CCc1nn(C)c(CC(N)C(=O)O)c1Br. The average molecular weight is 276 g/mol. The number of rotatable bonds is 4. The van der Waals surface area contributed by atoms with Gasteiger partial charge in [-0.2, -0.15) is 5.10 Å². The summed E-state index contributed by atoms with van der Waals surface area (Å²) in [6.07, 6.45) is 1.08. The Kier molecular flexibility index (Phi) is 3.87. The highest BCUT2D eigenvalue weighted by Gasteiger charge is 2.19. The Morgan fingerprint density at radius 1 is 1.73 bits per heavy atom. The average Bonchev–Trinajstić information content (AvgIpc) is 2.44. The molecule has 0 spiro atoms. The molecule has 6 heteroatoms. The Morgan fingerprint density at radius 2 is 2.33 bits per heavy atom. The van der Waals surface area contributed by atoms with E-state index in [1.807, 2.05) is 6.92 Å². The summed E-state index contributed by atoms with van der Waals surface area (Å²) in [5.74, 6) is -0.999. The molecule has 84 valence electrons. The molecule has 0 radical (unpaired) electrons. The molecule has 0 fully saturated rings. The van der Waals surface area contributed by atoms with E-state index in [2.05, 4.69) is 21.0 Å². The lowest BCUT2D eigenvalue weighted by atomic mass is 10.1. The van der Waals surface area contributed by atoms with E-state index in [0.717, 1.165) is 22.3 Å². The Bertz CT molecular complexity index is 376. The summed E-state index contributed by atoms with van der Waals surface area (Å²) in [5, 5.41) is 13.0. The first-order chi connectivity index (χ1) is 6.97. The van der Waals surface area contributed by atoms with Crippen molar-refractivity contribution in [3.05, 3.63) is 15.9 Å². The van der Waals surface area contributed by atoms with Crippen molar-refractivity contribution in [3.8, 4) is 0 Å². The van der Waals surface area contributed by atoms with Gasteiger partial charge in [0.25, 0.3) is 0 Å². The van der Waals surface area contributed by atoms with E-state index in [4.69, 9.17) is 10.8 Å². The molecule has 0 bridgehead atoms. The Morgan fingerprint density at radius 3 is 2.73 bits per heavy atom. The largest absolute Gasteiger partial charge is 0.480 e. The smallest absolute Gasteiger partial charge is 0.320 e. The van der Waals surface area contributed by atoms with Gasteiger partial charge in [-0.25, -0.2) is 0 Å². The molecule has 0 aromatic carbocycles. The van der Waals surface area contributed by atoms with Crippen LogP contribution in [0.5, 0.6) is 0 Å². The molecule has 1 heterocycles. The number of halogens is 1. The second-order valence-electron chi connectivity index (χ2n) is 3.33. The van der Waals surface area contributed by atoms with Gasteiger partial charge in [-0.05, 0) is 22.4 Å². The Hall–Kier alpha value is -0.880. The van der Waals surface area contributed by atoms with Crippen LogP contribution in [0.25, 0.3) is 0 Å². The van der Waals surface area contributed by atoms with E-state index >= 15 is 0 Å². The number of carboxylic acids is 1. The minimum absolute atomic E-state index is 0.277. The molecule has 1 aromatic rings. The predicted molar refractivity (Wildman–Crippen MR) is 59.6 cm³/mol. The molecule has 0 aliphatic carbocycles. The van der Waals surface area contributed by atoms with Crippen molar-refractivity contribution >= 4 is 21.9 Å². The summed E-state index contributed by atoms with van der Waals surface area (Å²) < 4.78 is 2.54. The molecular weight excluding hydrogens is 262 g/mol. The second-order valence-corrected chi connectivity index (χ2v) is 4.13. The summed E-state index contributed by atoms with van der Waals surface area (Å²) in [4.78, 5) is 10.6. The van der Waals surface area contributed by atoms with Crippen LogP contribution >= 0.6 is 15.9 Å². The van der Waals surface area contributed by atoms with Gasteiger partial charge >= 0.3 is 5.97 Å². The van der Waals surface area contributed by atoms with Crippen LogP contribution in [0.4, 0.5) is 0 Å². The van der Waals surface area contributed by atoms with Crippen LogP contribution in [0.3, 0.4) is 0 Å². The van der Waals surface area contributed by atoms with Crippen LogP contribution in [0.2, 0.25) is 0 Å². The van der Waals surface area contributed by atoms with Crippen LogP contribution in [0, 0.1) is 0 Å². The van der Waals surface area contributed by atoms with Crippen LogP contribution in [0.15, 0.2) is 4.47 Å². The molecule has 0 aliphatic heterocycles. The highest BCUT2D eigenvalue weighted by Crippen LogP contribution is 2.22. The van der Waals surface area contributed by atoms with E-state index in [-0.39, 0.29) is 6.42 Å². The van der Waals surface area contributed by atoms with Gasteiger partial charge in [-0.3, -0.25) is 9.48 Å². The van der Waals surface area contributed by atoms with Gasteiger partial charge in [0.05, 0.1) is 15.9 Å². The van der Waals surface area contributed by atoms with E-state index in [9.17, 15) is 4.79 Å². The molecule has 15 heavy (non-hydrogen) atoms. The maximum absolute atomic E-state index is 10.6. The molecule has 3 N–H and O–H groups in total. The molecule has 5 nitrogen and oxygen atoms in total. The number of aryl methyl sites for hydroxylation is 2. The van der Waals surface area contributed by atoms with E-state index in [0.29, 0.717) is 0 Å². The molecule has 0 aliphatic rings. The monoisotopic (exact) mass is 275 g/mol. The predicted octanol–water partition coefficient (Wildman–Crippen LogP) is 0.699. The van der Waals surface area contributed by atoms with Crippen molar-refractivity contribution in [2.75, 3.05) is 0 Å². The van der Waals surface area contributed by atoms with Gasteiger partial charge in [0.2, 0.25) is 0 Å². The minimum Gasteiger partial charge on any atom is -0.480 e. The third-order valence-electron chi connectivity index (χ3n) is 2.23. The third-order valence-corrected chi connectivity index (χ3v) is 3.15. The zero-order chi connectivity index (χ0) is 11.6. The first kappa shape index (κ1) is 12.2. The van der Waals surface area contributed by atoms with E-state index in [1.54, 1.807) is 11.7 Å². The standard InChI is InChI=1S/C9H14BrN3O2/c1-3-6-8(10)7(13(2)12-6)4-5(11)9(14)15/h5H,3-4,11H2,1-2H3,(H,14,15). The first-order valence-electron chi connectivity index (χ1n) is 4.66. The van der Waals surface area contributed by atoms with Crippen molar-refractivity contribution in [3.63, 3.8) is 0 Å². The lowest BCUT2D eigenvalue weighted by molar-refractivity contribution is -0.138. The molecule has 1 rings (SSSR count). The number of nitrogens with two attached hydrogens (primary N) is 1. The molecular formula is C9H14BrN3O2. The fourth-order valence-corrected chi connectivity index (χ4v) is 2.12. The summed E-state index contributed by atoms with van der Waals surface area (Å²) in [7, 11) is 1.79. The number of carboxylic acid groups (broad SMARTS) is 1. The summed E-state index contributed by atoms with van der Waals surface area (Å²) >= 11 is 3.41. The van der Waals surface area contributed by atoms with Crippen molar-refractivity contribution in [1.82, 2.24) is 9.78 Å². The summed E-state index contributed by atoms with van der Waals surface area (Å²) in [6, 6.07) is -0.888. The fraction of sp³-hybridized carbons (Fsp3) is 0.556. The third kappa shape index (κ3) is 2.57. The van der Waals surface area contributed by atoms with Crippen molar-refractivity contribution in [1.29, 1.82) is 0 Å². The lowest BCUT2D eigenvalue weighted by Crippen LogP contribution is -2.33. The van der Waals surface area contributed by atoms with Crippen LogP contribution < -0.4 is 5.73 Å². The Balaban J connectivity index is 2.94. The molecule has 1 atom stereocenters. The van der Waals surface area contributed by atoms with Gasteiger partial charge in [0, 0.05) is 13.5 Å². The van der Waals surface area contributed by atoms with Crippen molar-refractivity contribution < 1.29 is 9.90 Å². The second kappa shape index (κ2) is 4.76. The van der Waals surface area contributed by atoms with Gasteiger partial charge in [0.15, 0.2) is 0 Å². The van der Waals surface area contributed by atoms with Gasteiger partial charge in [-0.1, -0.05) is 6.92 Å². The number of nitrogens with zero attached hydrogens (tertiary/aromatic N) is 2. The van der Waals surface area contributed by atoms with Gasteiger partial charge in [0.1, 0.15) is 6.04 Å². The number of hydrogen-bond acceptors (Lipinski definition) is 3. The number of hydrogen-bond donors (Lipinski definition) is 2. The van der Waals surface area contributed by atoms with Crippen LogP contribution in [0.1, 0.15) is 18.3 Å². The first-order valence-corrected chi connectivity index (χ1v) is 5.45. The number of carbonyl (C=O) groups is 1. The highest BCUT2D eigenvalue weighted by atomic mass is 79.9. The molecule has 0 amide bonds. The van der Waals surface area contributed by atoms with Crippen LogP contribution in [-0.4, -0.2) is 26.9 Å². The fourth-order valence-electron chi connectivity index (χ4n) is 1.34. The zero-order valence-corrected chi connectivity index (χ0v) is 10.3. The van der Waals surface area contributed by atoms with E-state index < -0.39 is 12.0 Å². The molecule has 0 saturated heterocycles. The van der Waals surface area contributed by atoms with E-state index in [1.165, 1.54) is 0 Å². The summed E-state index contributed by atoms with van der Waals surface area (Å²) in [6.45, 7) is 1.99. The maximum Gasteiger partial charge on any atom is 0.320 e.